The van der Waals surface area contributed by atoms with E-state index >= 15 is 0 Å². The summed E-state index contributed by atoms with van der Waals surface area (Å²) in [5.74, 6) is -2.06. The topological polar surface area (TPSA) is 202 Å². The van der Waals surface area contributed by atoms with Crippen LogP contribution in [0.2, 0.25) is 10.0 Å². The Balaban J connectivity index is 0.000000231. The van der Waals surface area contributed by atoms with Crippen molar-refractivity contribution in [3.63, 3.8) is 0 Å². The van der Waals surface area contributed by atoms with Gasteiger partial charge >= 0.3 is 24.4 Å². The van der Waals surface area contributed by atoms with Crippen LogP contribution in [0.25, 0.3) is 0 Å². The minimum Gasteiger partial charge on any atom is -0.480 e. The minimum absolute atomic E-state index is 0.00687. The van der Waals surface area contributed by atoms with E-state index in [0.29, 0.717) is 41.0 Å². The van der Waals surface area contributed by atoms with Gasteiger partial charge in [0.15, 0.2) is 0 Å². The first kappa shape index (κ1) is 42.4. The molecule has 1 aromatic heterocycles. The average Bonchev–Trinajstić information content (AvgIpc) is 3.51. The number of carboxylic acids is 1. The summed E-state index contributed by atoms with van der Waals surface area (Å²) in [5.41, 5.74) is 0.552. The highest BCUT2D eigenvalue weighted by atomic mass is 35.5. The number of amides is 1. The van der Waals surface area contributed by atoms with Crippen molar-refractivity contribution in [2.24, 2.45) is 10.4 Å². The van der Waals surface area contributed by atoms with Crippen LogP contribution in [0, 0.1) is 11.2 Å². The Morgan fingerprint density at radius 1 is 1.14 bits per heavy atom. The Labute approximate surface area is 310 Å². The number of rotatable bonds is 10. The number of halogens is 3. The number of aromatic nitrogens is 2. The maximum absolute atomic E-state index is 14.3. The van der Waals surface area contributed by atoms with Gasteiger partial charge in [0.05, 0.1) is 49.3 Å². The second-order valence-electron chi connectivity index (χ2n) is 11.5. The Kier molecular flexibility index (Phi) is 15.9. The second kappa shape index (κ2) is 19.1. The quantitative estimate of drug-likeness (QED) is 0.129. The highest BCUT2D eigenvalue weighted by Crippen LogP contribution is 2.34. The van der Waals surface area contributed by atoms with E-state index in [9.17, 15) is 28.1 Å². The van der Waals surface area contributed by atoms with Crippen molar-refractivity contribution >= 4 is 77.4 Å². The zero-order valence-corrected chi connectivity index (χ0v) is 31.8. The summed E-state index contributed by atoms with van der Waals surface area (Å²) < 4.78 is 32.3. The number of carbonyl (C=O) groups is 3. The number of carboxylic acid groups (broad SMARTS) is 1. The van der Waals surface area contributed by atoms with Crippen molar-refractivity contribution in [1.82, 2.24) is 19.7 Å². The molecule has 1 saturated heterocycles. The summed E-state index contributed by atoms with van der Waals surface area (Å²) in [7, 11) is -2.80. The zero-order valence-electron chi connectivity index (χ0n) is 27.7. The SMILES string of the molecule is CC1(C)CON(Cc2ccccc2Cl)C1=O.COC(=O)CSc1cc(/N=c2\sc(=O)n3n2CCCC3)c(F)cc1Cl.O=C(O)CNCP(=O)(O)O. The summed E-state index contributed by atoms with van der Waals surface area (Å²) in [6, 6.07) is 10.1. The third kappa shape index (κ3) is 13.1. The van der Waals surface area contributed by atoms with Crippen LogP contribution in [0.3, 0.4) is 0 Å². The van der Waals surface area contributed by atoms with E-state index < -0.39 is 43.6 Å². The molecule has 2 aliphatic rings. The highest BCUT2D eigenvalue weighted by Gasteiger charge is 2.40. The number of ether oxygens (including phenoxy) is 1. The summed E-state index contributed by atoms with van der Waals surface area (Å²) in [6.45, 7) is 5.47. The van der Waals surface area contributed by atoms with Gasteiger partial charge in [0.2, 0.25) is 4.80 Å². The normalized spacial score (nSPS) is 15.3. The number of methoxy groups -OCH3 is 1. The number of esters is 1. The van der Waals surface area contributed by atoms with Gasteiger partial charge in [-0.3, -0.25) is 38.6 Å². The number of hydroxylamine groups is 2. The number of hydrogen-bond acceptors (Lipinski definition) is 11. The molecular formula is C30H37Cl2FN5O10PS2. The van der Waals surface area contributed by atoms with E-state index in [-0.39, 0.29) is 27.2 Å². The van der Waals surface area contributed by atoms with Crippen molar-refractivity contribution in [2.45, 2.75) is 51.2 Å². The first-order valence-corrected chi connectivity index (χ1v) is 19.5. The summed E-state index contributed by atoms with van der Waals surface area (Å²) in [6.07, 6.45) is 1.30. The number of fused-ring (bicyclic) bond motifs is 1. The van der Waals surface area contributed by atoms with E-state index in [1.807, 2.05) is 38.1 Å². The smallest absolute Gasteiger partial charge is 0.339 e. The molecule has 0 radical (unpaired) electrons. The lowest BCUT2D eigenvalue weighted by molar-refractivity contribution is -0.165. The van der Waals surface area contributed by atoms with Gasteiger partial charge in [0.25, 0.3) is 5.91 Å². The summed E-state index contributed by atoms with van der Waals surface area (Å²) in [4.78, 5) is 71.9. The van der Waals surface area contributed by atoms with Crippen LogP contribution in [0.5, 0.6) is 0 Å². The van der Waals surface area contributed by atoms with Crippen LogP contribution in [0.15, 0.2) is 51.1 Å². The molecule has 21 heteroatoms. The van der Waals surface area contributed by atoms with Crippen molar-refractivity contribution in [1.29, 1.82) is 0 Å². The largest absolute Gasteiger partial charge is 0.480 e. The van der Waals surface area contributed by atoms with Crippen LogP contribution in [-0.4, -0.2) is 79.5 Å². The molecule has 4 N–H and O–H groups in total. The van der Waals surface area contributed by atoms with Crippen molar-refractivity contribution < 1.29 is 47.8 Å². The third-order valence-corrected chi connectivity index (χ3v) is 10.3. The molecule has 2 aromatic carbocycles. The van der Waals surface area contributed by atoms with Crippen LogP contribution in [0.4, 0.5) is 10.1 Å². The lowest BCUT2D eigenvalue weighted by Crippen LogP contribution is -2.31. The average molecular weight is 813 g/mol. The molecule has 0 unspecified atom stereocenters. The van der Waals surface area contributed by atoms with Crippen LogP contribution >= 0.6 is 53.9 Å². The van der Waals surface area contributed by atoms with E-state index in [4.69, 9.17) is 42.9 Å². The minimum atomic E-state index is -4.10. The monoisotopic (exact) mass is 811 g/mol. The van der Waals surface area contributed by atoms with Crippen molar-refractivity contribution in [3.05, 3.63) is 72.3 Å². The molecule has 3 heterocycles. The Bertz CT molecular complexity index is 1900. The first-order chi connectivity index (χ1) is 23.9. The van der Waals surface area contributed by atoms with Gasteiger partial charge in [-0.25, -0.2) is 19.1 Å². The number of nitrogens with one attached hydrogen (secondary N) is 1. The molecule has 1 fully saturated rings. The molecule has 280 valence electrons. The molecule has 5 rings (SSSR count). The summed E-state index contributed by atoms with van der Waals surface area (Å²) in [5, 5.41) is 12.3. The molecule has 1 amide bonds. The molecule has 0 atom stereocenters. The Morgan fingerprint density at radius 3 is 2.39 bits per heavy atom. The van der Waals surface area contributed by atoms with E-state index in [0.717, 1.165) is 47.6 Å². The molecule has 2 aliphatic heterocycles. The van der Waals surface area contributed by atoms with Crippen LogP contribution in [0.1, 0.15) is 32.3 Å². The lowest BCUT2D eigenvalue weighted by atomic mass is 9.95. The number of thioether (sulfide) groups is 1. The van der Waals surface area contributed by atoms with Crippen LogP contribution < -0.4 is 15.0 Å². The molecule has 51 heavy (non-hydrogen) atoms. The second-order valence-corrected chi connectivity index (χ2v) is 15.9. The Morgan fingerprint density at radius 2 is 1.80 bits per heavy atom. The van der Waals surface area contributed by atoms with Gasteiger partial charge in [-0.15, -0.1) is 11.8 Å². The van der Waals surface area contributed by atoms with Gasteiger partial charge in [-0.1, -0.05) is 41.4 Å². The number of hydrogen-bond donors (Lipinski definition) is 4. The number of nitrogens with zero attached hydrogens (tertiary/aromatic N) is 4. The molecular weight excluding hydrogens is 775 g/mol. The lowest BCUT2D eigenvalue weighted by Gasteiger charge is -2.16. The van der Waals surface area contributed by atoms with Gasteiger partial charge in [0.1, 0.15) is 11.5 Å². The predicted octanol–water partition coefficient (Wildman–Crippen LogP) is 4.23. The predicted molar refractivity (Wildman–Crippen MR) is 189 cm³/mol. The molecule has 15 nitrogen and oxygen atoms in total. The highest BCUT2D eigenvalue weighted by molar-refractivity contribution is 8.00. The number of benzene rings is 2. The van der Waals surface area contributed by atoms with Gasteiger partial charge in [-0.05, 0) is 61.8 Å². The van der Waals surface area contributed by atoms with Crippen LogP contribution in [-0.2, 0) is 48.2 Å². The summed E-state index contributed by atoms with van der Waals surface area (Å²) >= 11 is 14.2. The third-order valence-electron chi connectivity index (χ3n) is 6.93. The molecule has 0 spiro atoms. The van der Waals surface area contributed by atoms with E-state index in [1.54, 1.807) is 9.36 Å². The number of carbonyl (C=O) groups excluding carboxylic acids is 2. The zero-order chi connectivity index (χ0) is 37.9. The molecule has 0 bridgehead atoms. The fourth-order valence-electron chi connectivity index (χ4n) is 4.34. The molecule has 0 aliphatic carbocycles. The maximum Gasteiger partial charge on any atom is 0.339 e. The number of aliphatic carboxylic acids is 1. The first-order valence-electron chi connectivity index (χ1n) is 15.1. The van der Waals surface area contributed by atoms with E-state index in [2.05, 4.69) is 15.0 Å². The fourth-order valence-corrected chi connectivity index (χ4v) is 6.92. The van der Waals surface area contributed by atoms with Gasteiger partial charge in [0, 0.05) is 23.0 Å². The van der Waals surface area contributed by atoms with Gasteiger partial charge < -0.3 is 19.6 Å². The fraction of sp³-hybridized carbons (Fsp3) is 0.433. The molecule has 3 aromatic rings. The maximum atomic E-state index is 14.3. The van der Waals surface area contributed by atoms with E-state index in [1.165, 1.54) is 18.2 Å². The standard InChI is InChI=1S/C15H15ClFN3O3S2.C12H14ClNO2.C3H8NO5P/c1-23-13(21)8-24-12-7-11(10(17)6-9(12)16)18-14-19-4-2-3-5-20(19)15(22)25-14;1-12(2)8-16-14(11(12)15)7-9-5-3-4-6-10(9)13;5-3(6)1-4-2-10(7,8)9/h6-7H,2-5,8H2,1H3;3-6H,7-8H2,1-2H3;4H,1-2H2,(H,5,6)(H2,7,8,9)/b18-14-;;. The van der Waals surface area contributed by atoms with Crippen molar-refractivity contribution in [3.8, 4) is 0 Å². The molecule has 0 saturated carbocycles. The van der Waals surface area contributed by atoms with Crippen molar-refractivity contribution in [2.75, 3.05) is 32.3 Å². The Hall–Kier alpha value is -3.06. The van der Waals surface area contributed by atoms with Gasteiger partial charge in [-0.2, -0.15) is 0 Å².